The topological polar surface area (TPSA) is 62.8 Å². The summed E-state index contributed by atoms with van der Waals surface area (Å²) in [5, 5.41) is 7.47. The molecule has 0 saturated heterocycles. The van der Waals surface area contributed by atoms with Crippen LogP contribution in [0.15, 0.2) is 24.3 Å². The van der Waals surface area contributed by atoms with Gasteiger partial charge in [0.05, 0.1) is 5.56 Å². The first-order valence-corrected chi connectivity index (χ1v) is 9.47. The molecule has 0 bridgehead atoms. The van der Waals surface area contributed by atoms with Crippen molar-refractivity contribution in [3.05, 3.63) is 45.8 Å². The number of rotatable bonds is 2. The lowest BCUT2D eigenvalue weighted by molar-refractivity contribution is 0.0942. The van der Waals surface area contributed by atoms with Gasteiger partial charge in [-0.3, -0.25) is 4.79 Å². The lowest BCUT2D eigenvalue weighted by atomic mass is 10.0. The maximum Gasteiger partial charge on any atom is 0.256 e. The number of fused-ring (bicyclic) bond motifs is 4. The molecule has 1 atom stereocenters. The molecule has 1 unspecified atom stereocenters. The molecule has 5 rings (SSSR count). The number of benzene rings is 1. The number of hydrogen-bond donors (Lipinski definition) is 2. The van der Waals surface area contributed by atoms with Gasteiger partial charge in [-0.15, -0.1) is 11.3 Å². The maximum atomic E-state index is 12.6. The predicted molar refractivity (Wildman–Crippen MR) is 101 cm³/mol. The van der Waals surface area contributed by atoms with Crippen molar-refractivity contribution in [3.8, 4) is 11.5 Å². The molecule has 7 heteroatoms. The summed E-state index contributed by atoms with van der Waals surface area (Å²) in [6, 6.07) is 5.81. The molecular weight excluding hydrogens is 350 g/mol. The number of amides is 1. The van der Waals surface area contributed by atoms with Gasteiger partial charge in [-0.2, -0.15) is 0 Å². The molecule has 4 heterocycles. The van der Waals surface area contributed by atoms with Crippen molar-refractivity contribution < 1.29 is 14.3 Å². The van der Waals surface area contributed by atoms with Crippen molar-refractivity contribution in [1.82, 2.24) is 10.2 Å². The molecule has 0 radical (unpaired) electrons. The molecule has 0 fully saturated rings. The van der Waals surface area contributed by atoms with Gasteiger partial charge >= 0.3 is 0 Å². The van der Waals surface area contributed by atoms with Gasteiger partial charge in [-0.25, -0.2) is 0 Å². The van der Waals surface area contributed by atoms with Crippen LogP contribution >= 0.6 is 11.3 Å². The molecule has 1 aromatic carbocycles. The Kier molecular flexibility index (Phi) is 3.65. The van der Waals surface area contributed by atoms with Gasteiger partial charge in [0.15, 0.2) is 11.5 Å². The lowest BCUT2D eigenvalue weighted by Crippen LogP contribution is -2.43. The van der Waals surface area contributed by atoms with Crippen LogP contribution in [0, 0.1) is 0 Å². The second kappa shape index (κ2) is 6.03. The highest BCUT2D eigenvalue weighted by Gasteiger charge is 2.31. The fourth-order valence-corrected chi connectivity index (χ4v) is 4.95. The molecule has 1 aromatic heterocycles. The molecule has 0 spiro atoms. The highest BCUT2D eigenvalue weighted by atomic mass is 32.1. The van der Waals surface area contributed by atoms with E-state index in [1.165, 1.54) is 10.4 Å². The molecule has 0 saturated carbocycles. The fourth-order valence-electron chi connectivity index (χ4n) is 3.58. The van der Waals surface area contributed by atoms with E-state index in [0.717, 1.165) is 47.1 Å². The zero-order chi connectivity index (χ0) is 17.7. The van der Waals surface area contributed by atoms with Crippen LogP contribution in [0.3, 0.4) is 0 Å². The van der Waals surface area contributed by atoms with Crippen LogP contribution in [-0.2, 0) is 13.0 Å². The molecule has 2 aromatic rings. The Hall–Kier alpha value is -2.51. The van der Waals surface area contributed by atoms with Gasteiger partial charge in [0.1, 0.15) is 11.2 Å². The second-order valence-corrected chi connectivity index (χ2v) is 7.87. The average molecular weight is 369 g/mol. The van der Waals surface area contributed by atoms with Crippen LogP contribution in [0.4, 0.5) is 5.00 Å². The normalized spacial score (nSPS) is 21.3. The molecule has 26 heavy (non-hydrogen) atoms. The number of nitrogens with one attached hydrogen (secondary N) is 2. The van der Waals surface area contributed by atoms with Crippen LogP contribution in [0.25, 0.3) is 6.08 Å². The van der Waals surface area contributed by atoms with E-state index in [2.05, 4.69) is 22.6 Å². The van der Waals surface area contributed by atoms with Crippen LogP contribution in [0.2, 0.25) is 0 Å². The Bertz CT molecular complexity index is 921. The van der Waals surface area contributed by atoms with E-state index in [1.54, 1.807) is 11.3 Å². The Labute approximate surface area is 155 Å². The second-order valence-electron chi connectivity index (χ2n) is 6.76. The van der Waals surface area contributed by atoms with Crippen LogP contribution in [-0.4, -0.2) is 37.4 Å². The summed E-state index contributed by atoms with van der Waals surface area (Å²) in [5.41, 5.74) is 3.06. The lowest BCUT2D eigenvalue weighted by Gasteiger charge is -2.25. The van der Waals surface area contributed by atoms with Crippen molar-refractivity contribution >= 4 is 28.3 Å². The Morgan fingerprint density at radius 2 is 2.15 bits per heavy atom. The summed E-state index contributed by atoms with van der Waals surface area (Å²) in [6.07, 6.45) is 4.65. The van der Waals surface area contributed by atoms with E-state index in [1.807, 2.05) is 30.4 Å². The molecule has 134 valence electrons. The maximum absolute atomic E-state index is 12.6. The Balaban J connectivity index is 1.37. The highest BCUT2D eigenvalue weighted by Crippen LogP contribution is 2.39. The SMILES string of the molecule is CN1CCc2c(sc3c2C(=O)NC(/C=C/c2ccc4c(c2)OCO4)N3)C1. The van der Waals surface area contributed by atoms with E-state index in [0.29, 0.717) is 0 Å². The summed E-state index contributed by atoms with van der Waals surface area (Å²) in [5.74, 6) is 1.54. The van der Waals surface area contributed by atoms with Gasteiger partial charge < -0.3 is 25.0 Å². The molecule has 3 aliphatic rings. The Morgan fingerprint density at radius 3 is 3.08 bits per heavy atom. The number of nitrogens with zero attached hydrogens (tertiary/aromatic N) is 1. The largest absolute Gasteiger partial charge is 0.454 e. The zero-order valence-electron chi connectivity index (χ0n) is 14.4. The predicted octanol–water partition coefficient (Wildman–Crippen LogP) is 2.66. The first-order chi connectivity index (χ1) is 12.7. The molecule has 3 aliphatic heterocycles. The average Bonchev–Trinajstić information content (AvgIpc) is 3.22. The van der Waals surface area contributed by atoms with E-state index in [4.69, 9.17) is 9.47 Å². The van der Waals surface area contributed by atoms with Gasteiger partial charge in [-0.05, 0) is 42.8 Å². The zero-order valence-corrected chi connectivity index (χ0v) is 15.2. The Morgan fingerprint density at radius 1 is 1.27 bits per heavy atom. The molecule has 0 aliphatic carbocycles. The van der Waals surface area contributed by atoms with Gasteiger partial charge in [-0.1, -0.05) is 12.1 Å². The minimum absolute atomic E-state index is 0.0149. The molecule has 1 amide bonds. The first kappa shape index (κ1) is 15.7. The number of thiophene rings is 1. The number of carbonyl (C=O) groups is 1. The number of ether oxygens (including phenoxy) is 2. The van der Waals surface area contributed by atoms with Gasteiger partial charge in [0.2, 0.25) is 6.79 Å². The van der Waals surface area contributed by atoms with Crippen molar-refractivity contribution in [2.45, 2.75) is 19.1 Å². The molecule has 2 N–H and O–H groups in total. The van der Waals surface area contributed by atoms with Crippen molar-refractivity contribution in [3.63, 3.8) is 0 Å². The quantitative estimate of drug-likeness (QED) is 0.852. The third-order valence-corrected chi connectivity index (χ3v) is 6.07. The summed E-state index contributed by atoms with van der Waals surface area (Å²) >= 11 is 1.70. The summed E-state index contributed by atoms with van der Waals surface area (Å²) < 4.78 is 10.7. The summed E-state index contributed by atoms with van der Waals surface area (Å²) in [6.45, 7) is 2.18. The number of carbonyl (C=O) groups excluding carboxylic acids is 1. The van der Waals surface area contributed by atoms with Crippen molar-refractivity contribution in [1.29, 1.82) is 0 Å². The summed E-state index contributed by atoms with van der Waals surface area (Å²) in [4.78, 5) is 16.2. The monoisotopic (exact) mass is 369 g/mol. The molecular formula is C19H19N3O3S. The number of anilines is 1. The summed E-state index contributed by atoms with van der Waals surface area (Å²) in [7, 11) is 2.12. The van der Waals surface area contributed by atoms with Crippen LogP contribution < -0.4 is 20.1 Å². The standard InChI is InChI=1S/C19H19N3O3S/c1-22-7-6-12-15(9-22)26-19-17(12)18(23)20-16(21-19)5-3-11-2-4-13-14(8-11)25-10-24-13/h2-5,8,16,21H,6-7,9-10H2,1H3,(H,20,23)/b5-3+. The first-order valence-electron chi connectivity index (χ1n) is 8.66. The minimum Gasteiger partial charge on any atom is -0.454 e. The third-order valence-electron chi connectivity index (χ3n) is 4.93. The third kappa shape index (κ3) is 2.64. The fraction of sp³-hybridized carbons (Fsp3) is 0.316. The van der Waals surface area contributed by atoms with Crippen LogP contribution in [0.5, 0.6) is 11.5 Å². The smallest absolute Gasteiger partial charge is 0.256 e. The number of hydrogen-bond acceptors (Lipinski definition) is 6. The van der Waals surface area contributed by atoms with E-state index < -0.39 is 0 Å². The molecule has 6 nitrogen and oxygen atoms in total. The van der Waals surface area contributed by atoms with Crippen molar-refractivity contribution in [2.24, 2.45) is 0 Å². The van der Waals surface area contributed by atoms with E-state index in [9.17, 15) is 4.79 Å². The van der Waals surface area contributed by atoms with Gasteiger partial charge in [0, 0.05) is 18.0 Å². The number of likely N-dealkylation sites (N-methyl/N-ethyl adjacent to an activating group) is 1. The van der Waals surface area contributed by atoms with Crippen LogP contribution in [0.1, 0.15) is 26.4 Å². The highest BCUT2D eigenvalue weighted by molar-refractivity contribution is 7.16. The van der Waals surface area contributed by atoms with Gasteiger partial charge in [0.25, 0.3) is 5.91 Å². The van der Waals surface area contributed by atoms with E-state index >= 15 is 0 Å². The minimum atomic E-state index is -0.224. The van der Waals surface area contributed by atoms with E-state index in [-0.39, 0.29) is 18.9 Å². The van der Waals surface area contributed by atoms with Crippen molar-refractivity contribution in [2.75, 3.05) is 25.7 Å².